The van der Waals surface area contributed by atoms with Gasteiger partial charge in [-0.1, -0.05) is 18.2 Å². The van der Waals surface area contributed by atoms with E-state index in [4.69, 9.17) is 0 Å². The van der Waals surface area contributed by atoms with Crippen molar-refractivity contribution >= 4 is 0 Å². The lowest BCUT2D eigenvalue weighted by Crippen LogP contribution is -2.23. The molecular weight excluding hydrogens is 260 g/mol. The van der Waals surface area contributed by atoms with Gasteiger partial charge in [-0.3, -0.25) is 0 Å². The molecule has 0 saturated heterocycles. The molecule has 2 rings (SSSR count). The maximum atomic E-state index is 13.8. The summed E-state index contributed by atoms with van der Waals surface area (Å²) in [6, 6.07) is 10.0. The van der Waals surface area contributed by atoms with E-state index in [1.165, 1.54) is 18.2 Å². The Balaban J connectivity index is 2.12. The Morgan fingerprint density at radius 3 is 2.40 bits per heavy atom. The first-order valence-electron chi connectivity index (χ1n) is 6.47. The molecule has 1 unspecified atom stereocenters. The van der Waals surface area contributed by atoms with Gasteiger partial charge in [-0.2, -0.15) is 0 Å². The van der Waals surface area contributed by atoms with Crippen molar-refractivity contribution in [3.63, 3.8) is 0 Å². The number of benzene rings is 2. The van der Waals surface area contributed by atoms with Crippen LogP contribution in [0.15, 0.2) is 42.5 Å². The van der Waals surface area contributed by atoms with E-state index >= 15 is 0 Å². The quantitative estimate of drug-likeness (QED) is 0.882. The Bertz CT molecular complexity index is 601. The molecule has 0 bridgehead atoms. The minimum atomic E-state index is -0.462. The molecule has 0 aliphatic rings. The van der Waals surface area contributed by atoms with Crippen molar-refractivity contribution in [2.75, 3.05) is 0 Å². The predicted octanol–water partition coefficient (Wildman–Crippen LogP) is 4.08. The van der Waals surface area contributed by atoms with Crippen LogP contribution < -0.4 is 5.32 Å². The third-order valence-corrected chi connectivity index (χ3v) is 3.30. The maximum Gasteiger partial charge on any atom is 0.131 e. The van der Waals surface area contributed by atoms with Crippen LogP contribution in [0.3, 0.4) is 0 Å². The number of halogens is 2. The highest BCUT2D eigenvalue weighted by Gasteiger charge is 2.15. The van der Waals surface area contributed by atoms with Crippen LogP contribution in [-0.2, 0) is 0 Å². The molecule has 0 aliphatic carbocycles. The molecule has 0 heterocycles. The van der Waals surface area contributed by atoms with Crippen LogP contribution in [-0.4, -0.2) is 5.11 Å². The number of aromatic hydroxyl groups is 1. The molecule has 106 valence electrons. The molecule has 2 atom stereocenters. The Labute approximate surface area is 117 Å². The van der Waals surface area contributed by atoms with Gasteiger partial charge in [0.05, 0.1) is 0 Å². The van der Waals surface area contributed by atoms with E-state index < -0.39 is 5.82 Å². The molecule has 0 aromatic heterocycles. The fourth-order valence-corrected chi connectivity index (χ4v) is 2.20. The van der Waals surface area contributed by atoms with Crippen LogP contribution in [0, 0.1) is 11.6 Å². The Kier molecular flexibility index (Phi) is 4.35. The van der Waals surface area contributed by atoms with E-state index in [-0.39, 0.29) is 23.7 Å². The lowest BCUT2D eigenvalue weighted by atomic mass is 10.0. The van der Waals surface area contributed by atoms with Gasteiger partial charge in [0.1, 0.15) is 17.4 Å². The molecule has 2 aromatic rings. The van der Waals surface area contributed by atoms with Crippen molar-refractivity contribution in [3.05, 3.63) is 65.2 Å². The summed E-state index contributed by atoms with van der Waals surface area (Å²) in [6.07, 6.45) is 0. The fraction of sp³-hybridized carbons (Fsp3) is 0.250. The molecule has 0 aliphatic heterocycles. The lowest BCUT2D eigenvalue weighted by Gasteiger charge is -2.21. The molecule has 0 spiro atoms. The van der Waals surface area contributed by atoms with Crippen molar-refractivity contribution in [3.8, 4) is 5.75 Å². The lowest BCUT2D eigenvalue weighted by molar-refractivity contribution is 0.454. The van der Waals surface area contributed by atoms with Gasteiger partial charge in [0.25, 0.3) is 0 Å². The standard InChI is InChI=1S/C16H17F2NO/c1-10(12-4-3-5-13(17)8-12)19-11(2)15-7-6-14(20)9-16(15)18/h3-11,19-20H,1-2H3/t10-,11?/m1/s1. The first-order chi connectivity index (χ1) is 9.47. The second-order valence-electron chi connectivity index (χ2n) is 4.87. The van der Waals surface area contributed by atoms with E-state index in [0.717, 1.165) is 11.6 Å². The first-order valence-corrected chi connectivity index (χ1v) is 6.47. The third-order valence-electron chi connectivity index (χ3n) is 3.30. The Hall–Kier alpha value is -1.94. The zero-order valence-corrected chi connectivity index (χ0v) is 11.4. The number of phenols is 1. The van der Waals surface area contributed by atoms with E-state index in [2.05, 4.69) is 5.32 Å². The molecule has 2 N–H and O–H groups in total. The van der Waals surface area contributed by atoms with Crippen LogP contribution in [0.2, 0.25) is 0 Å². The number of hydrogen-bond acceptors (Lipinski definition) is 2. The summed E-state index contributed by atoms with van der Waals surface area (Å²) < 4.78 is 26.9. The average Bonchev–Trinajstić information content (AvgIpc) is 2.38. The second kappa shape index (κ2) is 6.01. The maximum absolute atomic E-state index is 13.8. The topological polar surface area (TPSA) is 32.3 Å². The van der Waals surface area contributed by atoms with E-state index in [0.29, 0.717) is 5.56 Å². The molecule has 2 nitrogen and oxygen atoms in total. The van der Waals surface area contributed by atoms with Gasteiger partial charge in [0, 0.05) is 23.7 Å². The Morgan fingerprint density at radius 2 is 1.75 bits per heavy atom. The average molecular weight is 277 g/mol. The van der Waals surface area contributed by atoms with Gasteiger partial charge in [0.2, 0.25) is 0 Å². The molecule has 0 fully saturated rings. The normalized spacial score (nSPS) is 14.0. The van der Waals surface area contributed by atoms with Gasteiger partial charge in [-0.15, -0.1) is 0 Å². The van der Waals surface area contributed by atoms with Crippen molar-refractivity contribution < 1.29 is 13.9 Å². The number of hydrogen-bond donors (Lipinski definition) is 2. The van der Waals surface area contributed by atoms with Crippen LogP contribution in [0.5, 0.6) is 5.75 Å². The molecule has 4 heteroatoms. The van der Waals surface area contributed by atoms with Crippen molar-refractivity contribution in [1.82, 2.24) is 5.32 Å². The SMILES string of the molecule is CC(N[C@H](C)c1cccc(F)c1)c1ccc(O)cc1F. The summed E-state index contributed by atoms with van der Waals surface area (Å²) in [6.45, 7) is 3.72. The number of phenolic OH excluding ortho intramolecular Hbond substituents is 1. The molecule has 2 aromatic carbocycles. The van der Waals surface area contributed by atoms with Crippen molar-refractivity contribution in [2.45, 2.75) is 25.9 Å². The minimum absolute atomic E-state index is 0.100. The largest absolute Gasteiger partial charge is 0.508 e. The summed E-state index contributed by atoms with van der Waals surface area (Å²) in [5.41, 5.74) is 1.27. The van der Waals surface area contributed by atoms with Crippen LogP contribution in [0.4, 0.5) is 8.78 Å². The molecular formula is C16H17F2NO. The van der Waals surface area contributed by atoms with Crippen LogP contribution in [0.1, 0.15) is 37.1 Å². The summed E-state index contributed by atoms with van der Waals surface area (Å²) in [5.74, 6) is -0.854. The summed E-state index contributed by atoms with van der Waals surface area (Å²) in [5, 5.41) is 12.4. The van der Waals surface area contributed by atoms with E-state index in [1.54, 1.807) is 12.1 Å². The van der Waals surface area contributed by atoms with Crippen LogP contribution in [0.25, 0.3) is 0 Å². The Morgan fingerprint density at radius 1 is 1.00 bits per heavy atom. The van der Waals surface area contributed by atoms with Crippen LogP contribution >= 0.6 is 0 Å². The summed E-state index contributed by atoms with van der Waals surface area (Å²) >= 11 is 0. The molecule has 0 saturated carbocycles. The highest BCUT2D eigenvalue weighted by molar-refractivity contribution is 5.30. The molecule has 0 amide bonds. The van der Waals surface area contributed by atoms with Gasteiger partial charge in [0.15, 0.2) is 0 Å². The van der Waals surface area contributed by atoms with Gasteiger partial charge >= 0.3 is 0 Å². The van der Waals surface area contributed by atoms with Gasteiger partial charge < -0.3 is 10.4 Å². The first kappa shape index (κ1) is 14.5. The predicted molar refractivity (Wildman–Crippen MR) is 74.4 cm³/mol. The summed E-state index contributed by atoms with van der Waals surface area (Å²) in [4.78, 5) is 0. The summed E-state index contributed by atoms with van der Waals surface area (Å²) in [7, 11) is 0. The highest BCUT2D eigenvalue weighted by atomic mass is 19.1. The smallest absolute Gasteiger partial charge is 0.131 e. The van der Waals surface area contributed by atoms with Crippen molar-refractivity contribution in [2.24, 2.45) is 0 Å². The van der Waals surface area contributed by atoms with E-state index in [9.17, 15) is 13.9 Å². The second-order valence-corrected chi connectivity index (χ2v) is 4.87. The fourth-order valence-electron chi connectivity index (χ4n) is 2.20. The highest BCUT2D eigenvalue weighted by Crippen LogP contribution is 2.24. The monoisotopic (exact) mass is 277 g/mol. The van der Waals surface area contributed by atoms with E-state index in [1.807, 2.05) is 19.9 Å². The molecule has 20 heavy (non-hydrogen) atoms. The third kappa shape index (κ3) is 3.33. The number of rotatable bonds is 4. The minimum Gasteiger partial charge on any atom is -0.508 e. The number of nitrogens with one attached hydrogen (secondary N) is 1. The van der Waals surface area contributed by atoms with Gasteiger partial charge in [-0.05, 0) is 37.6 Å². The zero-order valence-electron chi connectivity index (χ0n) is 11.4. The zero-order chi connectivity index (χ0) is 14.7. The van der Waals surface area contributed by atoms with Gasteiger partial charge in [-0.25, -0.2) is 8.78 Å². The van der Waals surface area contributed by atoms with Crippen molar-refractivity contribution in [1.29, 1.82) is 0 Å². The molecule has 0 radical (unpaired) electrons.